The standard InChI is InChI=1S/C3H2F2O2/c4-3(5)1-7-2(3)6/h1H2. The number of hydrogen-bond donors (Lipinski definition) is 0. The predicted octanol–water partition coefficient (Wildman–Crippen LogP) is 0.179. The van der Waals surface area contributed by atoms with Gasteiger partial charge < -0.3 is 4.74 Å². The third kappa shape index (κ3) is 0.460. The molecule has 0 radical (unpaired) electrons. The number of ether oxygens (including phenoxy) is 1. The molecule has 40 valence electrons. The van der Waals surface area contributed by atoms with E-state index < -0.39 is 18.5 Å². The molecule has 0 aromatic rings. The Morgan fingerprint density at radius 1 is 1.71 bits per heavy atom. The van der Waals surface area contributed by atoms with E-state index in [4.69, 9.17) is 0 Å². The molecule has 4 heteroatoms. The molecule has 1 fully saturated rings. The summed E-state index contributed by atoms with van der Waals surface area (Å²) in [6, 6.07) is 0. The molecule has 2 nitrogen and oxygen atoms in total. The summed E-state index contributed by atoms with van der Waals surface area (Å²) in [5.74, 6) is -4.59. The molecular weight excluding hydrogens is 106 g/mol. The number of hydrogen-bond acceptors (Lipinski definition) is 2. The van der Waals surface area contributed by atoms with Crippen LogP contribution in [0.4, 0.5) is 8.78 Å². The van der Waals surface area contributed by atoms with Crippen molar-refractivity contribution in [2.75, 3.05) is 6.61 Å². The van der Waals surface area contributed by atoms with Crippen molar-refractivity contribution in [2.45, 2.75) is 5.92 Å². The van der Waals surface area contributed by atoms with E-state index in [1.165, 1.54) is 0 Å². The van der Waals surface area contributed by atoms with Crippen molar-refractivity contribution in [2.24, 2.45) is 0 Å². The van der Waals surface area contributed by atoms with E-state index >= 15 is 0 Å². The summed E-state index contributed by atoms with van der Waals surface area (Å²) in [5.41, 5.74) is 0. The van der Waals surface area contributed by atoms with Crippen LogP contribution in [0.2, 0.25) is 0 Å². The van der Waals surface area contributed by atoms with Crippen molar-refractivity contribution in [3.63, 3.8) is 0 Å². The second kappa shape index (κ2) is 0.936. The Morgan fingerprint density at radius 2 is 2.14 bits per heavy atom. The van der Waals surface area contributed by atoms with Gasteiger partial charge in [-0.15, -0.1) is 0 Å². The summed E-state index contributed by atoms with van der Waals surface area (Å²) in [6.07, 6.45) is 0. The zero-order valence-corrected chi connectivity index (χ0v) is 3.28. The smallest absolute Gasteiger partial charge is 0.381 e. The second-order valence-electron chi connectivity index (χ2n) is 1.28. The van der Waals surface area contributed by atoms with Crippen LogP contribution in [0.1, 0.15) is 0 Å². The van der Waals surface area contributed by atoms with E-state index in [0.717, 1.165) is 0 Å². The van der Waals surface area contributed by atoms with E-state index in [1.807, 2.05) is 0 Å². The van der Waals surface area contributed by atoms with Gasteiger partial charge in [0.1, 0.15) is 0 Å². The van der Waals surface area contributed by atoms with Gasteiger partial charge in [-0.05, 0) is 0 Å². The first-order chi connectivity index (χ1) is 3.13. The van der Waals surface area contributed by atoms with Gasteiger partial charge in [0.25, 0.3) is 0 Å². The van der Waals surface area contributed by atoms with E-state index in [0.29, 0.717) is 0 Å². The maximum atomic E-state index is 11.5. The summed E-state index contributed by atoms with van der Waals surface area (Å²) in [5, 5.41) is 0. The van der Waals surface area contributed by atoms with Crippen molar-refractivity contribution in [1.29, 1.82) is 0 Å². The lowest BCUT2D eigenvalue weighted by Crippen LogP contribution is -2.47. The minimum atomic E-state index is -3.18. The van der Waals surface area contributed by atoms with E-state index in [9.17, 15) is 13.6 Å². The number of cyclic esters (lactones) is 1. The molecule has 0 bridgehead atoms. The van der Waals surface area contributed by atoms with Crippen molar-refractivity contribution in [1.82, 2.24) is 0 Å². The highest BCUT2D eigenvalue weighted by molar-refractivity contribution is 5.82. The third-order valence-electron chi connectivity index (χ3n) is 0.683. The fourth-order valence-electron chi connectivity index (χ4n) is 0.240. The third-order valence-corrected chi connectivity index (χ3v) is 0.683. The van der Waals surface area contributed by atoms with Crippen LogP contribution in [-0.2, 0) is 9.53 Å². The maximum absolute atomic E-state index is 11.5. The summed E-state index contributed by atoms with van der Waals surface area (Å²) in [4.78, 5) is 9.58. The Bertz CT molecular complexity index is 110. The van der Waals surface area contributed by atoms with Gasteiger partial charge in [0.15, 0.2) is 6.61 Å². The number of esters is 1. The Hall–Kier alpha value is -0.670. The van der Waals surface area contributed by atoms with Crippen LogP contribution >= 0.6 is 0 Å². The number of carbonyl (C=O) groups is 1. The molecule has 0 amide bonds. The monoisotopic (exact) mass is 108 g/mol. The molecule has 0 N–H and O–H groups in total. The van der Waals surface area contributed by atoms with Crippen LogP contribution < -0.4 is 0 Å². The van der Waals surface area contributed by atoms with Crippen molar-refractivity contribution >= 4 is 5.97 Å². The molecule has 1 saturated heterocycles. The van der Waals surface area contributed by atoms with Gasteiger partial charge in [0, 0.05) is 0 Å². The van der Waals surface area contributed by atoms with E-state index in [2.05, 4.69) is 4.74 Å². The van der Waals surface area contributed by atoms with Crippen molar-refractivity contribution < 1.29 is 18.3 Å². The molecule has 0 atom stereocenters. The maximum Gasteiger partial charge on any atom is 0.381 e. The molecule has 1 heterocycles. The molecule has 0 spiro atoms. The lowest BCUT2D eigenvalue weighted by Gasteiger charge is -2.22. The lowest BCUT2D eigenvalue weighted by atomic mass is 10.3. The molecule has 0 saturated carbocycles. The molecule has 1 aliphatic heterocycles. The van der Waals surface area contributed by atoms with Crippen LogP contribution in [0.15, 0.2) is 0 Å². The van der Waals surface area contributed by atoms with Gasteiger partial charge in [-0.1, -0.05) is 0 Å². The Labute approximate surface area is 38.1 Å². The Kier molecular flexibility index (Phi) is 0.600. The van der Waals surface area contributed by atoms with Crippen LogP contribution in [0.5, 0.6) is 0 Å². The highest BCUT2D eigenvalue weighted by Gasteiger charge is 2.51. The second-order valence-corrected chi connectivity index (χ2v) is 1.28. The first-order valence-corrected chi connectivity index (χ1v) is 1.68. The SMILES string of the molecule is O=C1OCC1(F)F. The topological polar surface area (TPSA) is 26.3 Å². The van der Waals surface area contributed by atoms with Gasteiger partial charge in [0.05, 0.1) is 0 Å². The van der Waals surface area contributed by atoms with Gasteiger partial charge in [-0.3, -0.25) is 0 Å². The number of alkyl halides is 2. The van der Waals surface area contributed by atoms with Crippen LogP contribution in [0.25, 0.3) is 0 Å². The van der Waals surface area contributed by atoms with Gasteiger partial charge in [-0.25, -0.2) is 4.79 Å². The van der Waals surface area contributed by atoms with Gasteiger partial charge >= 0.3 is 11.9 Å². The fourth-order valence-corrected chi connectivity index (χ4v) is 0.240. The molecule has 0 aromatic heterocycles. The van der Waals surface area contributed by atoms with Crippen LogP contribution in [-0.4, -0.2) is 18.5 Å². The van der Waals surface area contributed by atoms with E-state index in [1.54, 1.807) is 0 Å². The van der Waals surface area contributed by atoms with E-state index in [-0.39, 0.29) is 0 Å². The van der Waals surface area contributed by atoms with Crippen molar-refractivity contribution in [3.8, 4) is 0 Å². The Morgan fingerprint density at radius 3 is 2.14 bits per heavy atom. The molecule has 0 aliphatic carbocycles. The fraction of sp³-hybridized carbons (Fsp3) is 0.667. The Balaban J connectivity index is 2.59. The normalized spacial score (nSPS) is 25.7. The predicted molar refractivity (Wildman–Crippen MR) is 15.9 cm³/mol. The average molecular weight is 108 g/mol. The molecular formula is C3H2F2O2. The molecule has 0 aromatic carbocycles. The largest absolute Gasteiger partial charge is 0.454 e. The first kappa shape index (κ1) is 4.49. The van der Waals surface area contributed by atoms with Gasteiger partial charge in [0.2, 0.25) is 0 Å². The minimum Gasteiger partial charge on any atom is -0.454 e. The summed E-state index contributed by atoms with van der Waals surface area (Å²) >= 11 is 0. The zero-order valence-electron chi connectivity index (χ0n) is 3.28. The summed E-state index contributed by atoms with van der Waals surface area (Å²) in [7, 11) is 0. The lowest BCUT2D eigenvalue weighted by molar-refractivity contribution is -0.215. The first-order valence-electron chi connectivity index (χ1n) is 1.68. The molecule has 1 aliphatic rings. The molecule has 1 rings (SSSR count). The molecule has 0 unspecified atom stereocenters. The highest BCUT2D eigenvalue weighted by atomic mass is 19.3. The van der Waals surface area contributed by atoms with Crippen LogP contribution in [0, 0.1) is 0 Å². The average Bonchev–Trinajstić information content (AvgIpc) is 1.63. The summed E-state index contributed by atoms with van der Waals surface area (Å²) < 4.78 is 26.7. The quantitative estimate of drug-likeness (QED) is 0.414. The summed E-state index contributed by atoms with van der Waals surface area (Å²) in [6.45, 7) is -0.744. The van der Waals surface area contributed by atoms with Crippen LogP contribution in [0.3, 0.4) is 0 Å². The molecule has 7 heavy (non-hydrogen) atoms. The highest BCUT2D eigenvalue weighted by Crippen LogP contribution is 2.24. The number of carbonyl (C=O) groups excluding carboxylic acids is 1. The minimum absolute atomic E-state index is 0.744. The number of rotatable bonds is 0. The number of halogens is 2. The van der Waals surface area contributed by atoms with Crippen molar-refractivity contribution in [3.05, 3.63) is 0 Å². The zero-order chi connectivity index (χ0) is 5.49. The van der Waals surface area contributed by atoms with Gasteiger partial charge in [-0.2, -0.15) is 8.78 Å².